The summed E-state index contributed by atoms with van der Waals surface area (Å²) in [5.41, 5.74) is 5.42. The summed E-state index contributed by atoms with van der Waals surface area (Å²) < 4.78 is 1.43. The predicted molar refractivity (Wildman–Crippen MR) is 55.2 cm³/mol. The third kappa shape index (κ3) is 2.15. The van der Waals surface area contributed by atoms with E-state index in [0.29, 0.717) is 5.82 Å². The zero-order valence-corrected chi connectivity index (χ0v) is 8.65. The Morgan fingerprint density at radius 2 is 2.12 bits per heavy atom. The molecule has 1 saturated heterocycles. The number of hydrogen-bond donors (Lipinski definition) is 3. The van der Waals surface area contributed by atoms with Crippen molar-refractivity contribution in [3.63, 3.8) is 0 Å². The molecule has 7 heteroatoms. The summed E-state index contributed by atoms with van der Waals surface area (Å²) in [7, 11) is 0. The quantitative estimate of drug-likeness (QED) is 0.542. The van der Waals surface area contributed by atoms with Gasteiger partial charge in [0.05, 0.1) is 12.2 Å². The van der Waals surface area contributed by atoms with Crippen molar-refractivity contribution in [2.24, 2.45) is 0 Å². The van der Waals surface area contributed by atoms with E-state index in [0.717, 1.165) is 0 Å². The van der Waals surface area contributed by atoms with Gasteiger partial charge in [0.2, 0.25) is 5.91 Å². The van der Waals surface area contributed by atoms with Gasteiger partial charge >= 0.3 is 0 Å². The Bertz CT molecular complexity index is 382. The number of β-amino-alcohol motifs (C(OH)–C–C–N with tert-alkyl or cyclic N) is 2. The van der Waals surface area contributed by atoms with Crippen LogP contribution in [0, 0.1) is 0 Å². The van der Waals surface area contributed by atoms with Gasteiger partial charge in [-0.3, -0.25) is 9.48 Å². The second kappa shape index (κ2) is 4.11. The minimum atomic E-state index is -0.855. The van der Waals surface area contributed by atoms with Gasteiger partial charge in [0.25, 0.3) is 0 Å². The molecule has 1 aromatic rings. The topological polar surface area (TPSA) is 105 Å². The number of nitrogens with zero attached hydrogens (tertiary/aromatic N) is 3. The van der Waals surface area contributed by atoms with E-state index in [1.165, 1.54) is 9.58 Å². The van der Waals surface area contributed by atoms with Gasteiger partial charge in [-0.05, 0) is 6.07 Å². The van der Waals surface area contributed by atoms with Gasteiger partial charge in [0.15, 0.2) is 0 Å². The minimum absolute atomic E-state index is 0.0661. The normalized spacial score (nSPS) is 25.0. The van der Waals surface area contributed by atoms with Crippen molar-refractivity contribution in [1.82, 2.24) is 14.7 Å². The fraction of sp³-hybridized carbons (Fsp3) is 0.556. The van der Waals surface area contributed by atoms with Crippen molar-refractivity contribution < 1.29 is 15.0 Å². The number of aliphatic hydroxyl groups excluding tert-OH is 2. The van der Waals surface area contributed by atoms with Crippen LogP contribution in [0.4, 0.5) is 5.82 Å². The Hall–Kier alpha value is -1.60. The molecule has 1 aromatic heterocycles. The van der Waals surface area contributed by atoms with Crippen LogP contribution in [0.1, 0.15) is 0 Å². The molecular weight excluding hydrogens is 212 g/mol. The molecule has 0 saturated carbocycles. The van der Waals surface area contributed by atoms with Gasteiger partial charge in [-0.1, -0.05) is 0 Å². The Morgan fingerprint density at radius 3 is 2.62 bits per heavy atom. The maximum atomic E-state index is 11.7. The molecular formula is C9H14N4O3. The number of hydrogen-bond acceptors (Lipinski definition) is 5. The molecule has 0 aromatic carbocycles. The summed E-state index contributed by atoms with van der Waals surface area (Å²) in [6.45, 7) is 0.393. The number of carbonyl (C=O) groups is 1. The lowest BCUT2D eigenvalue weighted by molar-refractivity contribution is -0.131. The number of rotatable bonds is 2. The lowest BCUT2D eigenvalue weighted by Gasteiger charge is -2.14. The van der Waals surface area contributed by atoms with Gasteiger partial charge in [-0.25, -0.2) is 0 Å². The molecule has 1 aliphatic rings. The van der Waals surface area contributed by atoms with E-state index in [1.54, 1.807) is 12.3 Å². The van der Waals surface area contributed by atoms with Crippen LogP contribution >= 0.6 is 0 Å². The number of nitrogens with two attached hydrogens (primary N) is 1. The maximum absolute atomic E-state index is 11.7. The number of aromatic nitrogens is 2. The molecule has 2 atom stereocenters. The van der Waals surface area contributed by atoms with Crippen LogP contribution in [0.5, 0.6) is 0 Å². The van der Waals surface area contributed by atoms with Crippen LogP contribution in [-0.2, 0) is 11.3 Å². The van der Waals surface area contributed by atoms with Crippen LogP contribution < -0.4 is 5.73 Å². The molecule has 0 spiro atoms. The van der Waals surface area contributed by atoms with Crippen molar-refractivity contribution in [2.45, 2.75) is 18.8 Å². The Balaban J connectivity index is 1.94. The van der Waals surface area contributed by atoms with Crippen LogP contribution in [0.15, 0.2) is 12.3 Å². The molecule has 7 nitrogen and oxygen atoms in total. The molecule has 1 aliphatic heterocycles. The number of carbonyl (C=O) groups excluding carboxylic acids is 1. The zero-order chi connectivity index (χ0) is 11.7. The van der Waals surface area contributed by atoms with Crippen molar-refractivity contribution in [3.05, 3.63) is 12.3 Å². The van der Waals surface area contributed by atoms with E-state index in [-0.39, 0.29) is 25.5 Å². The van der Waals surface area contributed by atoms with E-state index in [2.05, 4.69) is 5.10 Å². The van der Waals surface area contributed by atoms with Crippen LogP contribution in [-0.4, -0.2) is 56.1 Å². The third-order valence-electron chi connectivity index (χ3n) is 2.57. The van der Waals surface area contributed by atoms with Gasteiger partial charge < -0.3 is 20.8 Å². The first-order valence-electron chi connectivity index (χ1n) is 4.99. The molecule has 0 radical (unpaired) electrons. The van der Waals surface area contributed by atoms with Crippen LogP contribution in [0.3, 0.4) is 0 Å². The summed E-state index contributed by atoms with van der Waals surface area (Å²) >= 11 is 0. The highest BCUT2D eigenvalue weighted by Gasteiger charge is 2.32. The summed E-state index contributed by atoms with van der Waals surface area (Å²) in [6.07, 6.45) is -0.103. The average molecular weight is 226 g/mol. The predicted octanol–water partition coefficient (Wildman–Crippen LogP) is -1.97. The Morgan fingerprint density at radius 1 is 1.50 bits per heavy atom. The molecule has 1 fully saturated rings. The van der Waals surface area contributed by atoms with Gasteiger partial charge in [-0.15, -0.1) is 0 Å². The SMILES string of the molecule is Nc1ccn(CC(=O)N2C[C@@H](O)[C@@H](O)C2)n1. The van der Waals surface area contributed by atoms with Gasteiger partial charge in [0, 0.05) is 19.3 Å². The standard InChI is InChI=1S/C9H14N4O3/c10-8-1-2-13(11-8)5-9(16)12-3-6(14)7(15)4-12/h1-2,6-7,14-15H,3-5H2,(H2,10,11)/t6-,7+. The molecule has 16 heavy (non-hydrogen) atoms. The Kier molecular flexibility index (Phi) is 2.80. The molecule has 2 rings (SSSR count). The second-order valence-corrected chi connectivity index (χ2v) is 3.87. The number of anilines is 1. The maximum Gasteiger partial charge on any atom is 0.244 e. The van der Waals surface area contributed by atoms with Crippen LogP contribution in [0.2, 0.25) is 0 Å². The third-order valence-corrected chi connectivity index (χ3v) is 2.57. The zero-order valence-electron chi connectivity index (χ0n) is 8.65. The first kappa shape index (κ1) is 10.9. The fourth-order valence-electron chi connectivity index (χ4n) is 1.68. The van der Waals surface area contributed by atoms with Crippen molar-refractivity contribution in [2.75, 3.05) is 18.8 Å². The molecule has 1 amide bonds. The van der Waals surface area contributed by atoms with E-state index < -0.39 is 12.2 Å². The van der Waals surface area contributed by atoms with Crippen molar-refractivity contribution >= 4 is 11.7 Å². The van der Waals surface area contributed by atoms with E-state index >= 15 is 0 Å². The van der Waals surface area contributed by atoms with E-state index in [9.17, 15) is 15.0 Å². The summed E-state index contributed by atoms with van der Waals surface area (Å²) in [4.78, 5) is 13.1. The summed E-state index contributed by atoms with van der Waals surface area (Å²) in [5, 5.41) is 22.5. The summed E-state index contributed by atoms with van der Waals surface area (Å²) in [6, 6.07) is 1.60. The highest BCUT2D eigenvalue weighted by Crippen LogP contribution is 2.10. The number of nitrogen functional groups attached to an aromatic ring is 1. The van der Waals surface area contributed by atoms with Crippen molar-refractivity contribution in [3.8, 4) is 0 Å². The second-order valence-electron chi connectivity index (χ2n) is 3.87. The van der Waals surface area contributed by atoms with Gasteiger partial charge in [-0.2, -0.15) is 5.10 Å². The average Bonchev–Trinajstić information content (AvgIpc) is 2.75. The molecule has 0 unspecified atom stereocenters. The highest BCUT2D eigenvalue weighted by atomic mass is 16.3. The number of aliphatic hydroxyl groups is 2. The minimum Gasteiger partial charge on any atom is -0.388 e. The fourth-order valence-corrected chi connectivity index (χ4v) is 1.68. The smallest absolute Gasteiger partial charge is 0.244 e. The lowest BCUT2D eigenvalue weighted by Crippen LogP contribution is -2.33. The van der Waals surface area contributed by atoms with Crippen molar-refractivity contribution in [1.29, 1.82) is 0 Å². The molecule has 0 bridgehead atoms. The summed E-state index contributed by atoms with van der Waals surface area (Å²) in [5.74, 6) is 0.160. The lowest BCUT2D eigenvalue weighted by atomic mass is 10.3. The van der Waals surface area contributed by atoms with Crippen LogP contribution in [0.25, 0.3) is 0 Å². The first-order valence-corrected chi connectivity index (χ1v) is 4.99. The largest absolute Gasteiger partial charge is 0.388 e. The highest BCUT2D eigenvalue weighted by molar-refractivity contribution is 5.76. The number of amides is 1. The van der Waals surface area contributed by atoms with Gasteiger partial charge in [0.1, 0.15) is 12.4 Å². The number of likely N-dealkylation sites (tertiary alicyclic amines) is 1. The van der Waals surface area contributed by atoms with E-state index in [1.807, 2.05) is 0 Å². The molecule has 88 valence electrons. The Labute approximate surface area is 92.1 Å². The van der Waals surface area contributed by atoms with E-state index in [4.69, 9.17) is 5.73 Å². The monoisotopic (exact) mass is 226 g/mol. The first-order chi connectivity index (χ1) is 7.56. The molecule has 4 N–H and O–H groups in total. The molecule has 2 heterocycles. The molecule has 0 aliphatic carbocycles.